The van der Waals surface area contributed by atoms with Gasteiger partial charge in [-0.15, -0.1) is 11.3 Å². The molecule has 1 aromatic heterocycles. The summed E-state index contributed by atoms with van der Waals surface area (Å²) in [6.45, 7) is 4.91. The van der Waals surface area contributed by atoms with Crippen LogP contribution in [0.3, 0.4) is 0 Å². The number of amides is 1. The van der Waals surface area contributed by atoms with E-state index < -0.39 is 34.5 Å². The maximum atomic E-state index is 12.6. The molecular formula is C25H26N2O7S2. The Morgan fingerprint density at radius 3 is 2.36 bits per heavy atom. The van der Waals surface area contributed by atoms with Gasteiger partial charge in [-0.25, -0.2) is 22.7 Å². The molecule has 2 aromatic carbocycles. The fourth-order valence-corrected chi connectivity index (χ4v) is 5.32. The standard InChI is InChI=1S/C25H26N2O7S2/c1-4-33-25(30)22-16(2)17(3)35-23(22)27-21(28)15-34-24(29)19-11-8-12-20(13-19)36(31,32)26-14-18-9-6-5-7-10-18/h5-13,26H,4,14-15H2,1-3H3,(H,27,28). The van der Waals surface area contributed by atoms with Crippen molar-refractivity contribution in [2.24, 2.45) is 0 Å². The van der Waals surface area contributed by atoms with E-state index in [0.717, 1.165) is 10.4 Å². The van der Waals surface area contributed by atoms with Gasteiger partial charge < -0.3 is 14.8 Å². The molecule has 9 nitrogen and oxygen atoms in total. The molecule has 190 valence electrons. The summed E-state index contributed by atoms with van der Waals surface area (Å²) in [5.41, 5.74) is 1.72. The van der Waals surface area contributed by atoms with Crippen molar-refractivity contribution in [3.05, 3.63) is 81.7 Å². The number of hydrogen-bond acceptors (Lipinski definition) is 8. The number of rotatable bonds is 10. The molecule has 1 heterocycles. The topological polar surface area (TPSA) is 128 Å². The van der Waals surface area contributed by atoms with Crippen LogP contribution >= 0.6 is 11.3 Å². The van der Waals surface area contributed by atoms with Gasteiger partial charge in [0.2, 0.25) is 10.0 Å². The van der Waals surface area contributed by atoms with Crippen LogP contribution in [0.5, 0.6) is 0 Å². The number of carbonyl (C=O) groups is 3. The lowest BCUT2D eigenvalue weighted by molar-refractivity contribution is -0.119. The number of aryl methyl sites for hydroxylation is 1. The number of hydrogen-bond donors (Lipinski definition) is 2. The smallest absolute Gasteiger partial charge is 0.341 e. The van der Waals surface area contributed by atoms with Crippen molar-refractivity contribution in [2.75, 3.05) is 18.5 Å². The predicted molar refractivity (Wildman–Crippen MR) is 136 cm³/mol. The molecule has 3 aromatic rings. The van der Waals surface area contributed by atoms with Crippen LogP contribution in [0.2, 0.25) is 0 Å². The van der Waals surface area contributed by atoms with E-state index in [4.69, 9.17) is 9.47 Å². The highest BCUT2D eigenvalue weighted by molar-refractivity contribution is 7.89. The van der Waals surface area contributed by atoms with E-state index in [1.807, 2.05) is 13.0 Å². The predicted octanol–water partition coefficient (Wildman–Crippen LogP) is 3.82. The zero-order chi connectivity index (χ0) is 26.3. The average molecular weight is 531 g/mol. The Morgan fingerprint density at radius 2 is 1.67 bits per heavy atom. The van der Waals surface area contributed by atoms with Crippen LogP contribution in [-0.4, -0.2) is 39.5 Å². The molecule has 0 fully saturated rings. The highest BCUT2D eigenvalue weighted by Crippen LogP contribution is 2.33. The highest BCUT2D eigenvalue weighted by Gasteiger charge is 2.23. The average Bonchev–Trinajstić information content (AvgIpc) is 3.14. The Kier molecular flexibility index (Phi) is 8.97. The van der Waals surface area contributed by atoms with Gasteiger partial charge in [-0.3, -0.25) is 4.79 Å². The van der Waals surface area contributed by atoms with Crippen LogP contribution in [-0.2, 0) is 30.8 Å². The first kappa shape index (κ1) is 27.1. The Hall–Kier alpha value is -3.54. The lowest BCUT2D eigenvalue weighted by Crippen LogP contribution is -2.24. The molecule has 0 spiro atoms. The first-order valence-electron chi connectivity index (χ1n) is 11.0. The summed E-state index contributed by atoms with van der Waals surface area (Å²) >= 11 is 1.21. The molecule has 0 saturated carbocycles. The van der Waals surface area contributed by atoms with E-state index in [0.29, 0.717) is 10.6 Å². The van der Waals surface area contributed by atoms with E-state index in [2.05, 4.69) is 10.0 Å². The van der Waals surface area contributed by atoms with E-state index in [-0.39, 0.29) is 29.2 Å². The fraction of sp³-hybridized carbons (Fsp3) is 0.240. The third-order valence-electron chi connectivity index (χ3n) is 5.14. The third-order valence-corrected chi connectivity index (χ3v) is 7.66. The number of anilines is 1. The summed E-state index contributed by atoms with van der Waals surface area (Å²) in [7, 11) is -3.89. The second kappa shape index (κ2) is 11.9. The summed E-state index contributed by atoms with van der Waals surface area (Å²) in [6.07, 6.45) is 0. The number of benzene rings is 2. The molecule has 0 atom stereocenters. The lowest BCUT2D eigenvalue weighted by atomic mass is 10.1. The SMILES string of the molecule is CCOC(=O)c1c(NC(=O)COC(=O)c2cccc(S(=O)(=O)NCc3ccccc3)c2)sc(C)c1C. The van der Waals surface area contributed by atoms with Crippen LogP contribution in [0, 0.1) is 13.8 Å². The monoisotopic (exact) mass is 530 g/mol. The van der Waals surface area contributed by atoms with Crippen LogP contribution in [0.4, 0.5) is 5.00 Å². The molecule has 0 bridgehead atoms. The molecular weight excluding hydrogens is 504 g/mol. The van der Waals surface area contributed by atoms with Crippen molar-refractivity contribution in [2.45, 2.75) is 32.2 Å². The molecule has 0 aliphatic rings. The summed E-state index contributed by atoms with van der Waals surface area (Å²) < 4.78 is 37.9. The second-order valence-corrected chi connectivity index (χ2v) is 10.7. The number of nitrogens with one attached hydrogen (secondary N) is 2. The Bertz CT molecular complexity index is 1370. The van der Waals surface area contributed by atoms with Gasteiger partial charge in [0.05, 0.1) is 22.6 Å². The number of esters is 2. The maximum absolute atomic E-state index is 12.6. The van der Waals surface area contributed by atoms with Gasteiger partial charge in [0.1, 0.15) is 5.00 Å². The van der Waals surface area contributed by atoms with Crippen LogP contribution in [0.1, 0.15) is 43.6 Å². The van der Waals surface area contributed by atoms with E-state index in [1.165, 1.54) is 35.6 Å². The third kappa shape index (κ3) is 6.78. The second-order valence-electron chi connectivity index (χ2n) is 7.67. The summed E-state index contributed by atoms with van der Waals surface area (Å²) in [5.74, 6) is -2.07. The van der Waals surface area contributed by atoms with E-state index >= 15 is 0 Å². The fourth-order valence-electron chi connectivity index (χ4n) is 3.19. The van der Waals surface area contributed by atoms with Crippen LogP contribution in [0.25, 0.3) is 0 Å². The minimum Gasteiger partial charge on any atom is -0.462 e. The zero-order valence-corrected chi connectivity index (χ0v) is 21.6. The minimum absolute atomic E-state index is 0.0274. The zero-order valence-electron chi connectivity index (χ0n) is 20.0. The van der Waals surface area contributed by atoms with Crippen molar-refractivity contribution in [3.63, 3.8) is 0 Å². The number of carbonyl (C=O) groups excluding carboxylic acids is 3. The van der Waals surface area contributed by atoms with E-state index in [9.17, 15) is 22.8 Å². The number of thiophene rings is 1. The van der Waals surface area contributed by atoms with Crippen molar-refractivity contribution < 1.29 is 32.3 Å². The largest absolute Gasteiger partial charge is 0.462 e. The summed E-state index contributed by atoms with van der Waals surface area (Å²) in [5, 5.41) is 2.89. The molecule has 0 unspecified atom stereocenters. The van der Waals surface area contributed by atoms with Gasteiger partial charge in [-0.05, 0) is 50.1 Å². The first-order chi connectivity index (χ1) is 17.1. The Morgan fingerprint density at radius 1 is 0.944 bits per heavy atom. The van der Waals surface area contributed by atoms with E-state index in [1.54, 1.807) is 38.1 Å². The molecule has 1 amide bonds. The van der Waals surface area contributed by atoms with Crippen molar-refractivity contribution in [1.29, 1.82) is 0 Å². The van der Waals surface area contributed by atoms with Crippen LogP contribution in [0.15, 0.2) is 59.5 Å². The molecule has 2 N–H and O–H groups in total. The molecule has 0 aliphatic carbocycles. The van der Waals surface area contributed by atoms with Gasteiger partial charge >= 0.3 is 11.9 Å². The van der Waals surface area contributed by atoms with Gasteiger partial charge in [0.15, 0.2) is 6.61 Å². The molecule has 0 aliphatic heterocycles. The molecule has 36 heavy (non-hydrogen) atoms. The van der Waals surface area contributed by atoms with Gasteiger partial charge in [0, 0.05) is 11.4 Å². The Labute approximate surface area is 213 Å². The lowest BCUT2D eigenvalue weighted by Gasteiger charge is -2.10. The van der Waals surface area contributed by atoms with Crippen molar-refractivity contribution in [3.8, 4) is 0 Å². The van der Waals surface area contributed by atoms with Gasteiger partial charge in [-0.2, -0.15) is 0 Å². The van der Waals surface area contributed by atoms with Gasteiger partial charge in [-0.1, -0.05) is 36.4 Å². The number of sulfonamides is 1. The maximum Gasteiger partial charge on any atom is 0.341 e. The van der Waals surface area contributed by atoms with Crippen LogP contribution < -0.4 is 10.0 Å². The molecule has 0 radical (unpaired) electrons. The van der Waals surface area contributed by atoms with Gasteiger partial charge in [0.25, 0.3) is 5.91 Å². The Balaban J connectivity index is 1.63. The normalized spacial score (nSPS) is 11.1. The van der Waals surface area contributed by atoms with Crippen molar-refractivity contribution in [1.82, 2.24) is 4.72 Å². The minimum atomic E-state index is -3.89. The summed E-state index contributed by atoms with van der Waals surface area (Å²) in [6, 6.07) is 14.3. The van der Waals surface area contributed by atoms with Crippen molar-refractivity contribution >= 4 is 44.2 Å². The molecule has 11 heteroatoms. The first-order valence-corrected chi connectivity index (χ1v) is 13.3. The molecule has 3 rings (SSSR count). The summed E-state index contributed by atoms with van der Waals surface area (Å²) in [4.78, 5) is 37.9. The quantitative estimate of drug-likeness (QED) is 0.382. The highest BCUT2D eigenvalue weighted by atomic mass is 32.2. The molecule has 0 saturated heterocycles. The number of ether oxygens (including phenoxy) is 2.